The summed E-state index contributed by atoms with van der Waals surface area (Å²) in [5.41, 5.74) is 0.637. The zero-order valence-electron chi connectivity index (χ0n) is 8.59. The molecule has 1 nitrogen and oxygen atoms in total. The van der Waals surface area contributed by atoms with Crippen molar-refractivity contribution in [3.8, 4) is 5.75 Å². The molecule has 0 aliphatic rings. The van der Waals surface area contributed by atoms with Crippen molar-refractivity contribution < 1.29 is 9.50 Å². The van der Waals surface area contributed by atoms with E-state index in [0.717, 1.165) is 0 Å². The van der Waals surface area contributed by atoms with Gasteiger partial charge in [0.15, 0.2) is 0 Å². The largest absolute Gasteiger partial charge is 0.507 e. The third kappa shape index (κ3) is 2.39. The first-order valence-corrected chi connectivity index (χ1v) is 4.96. The molecule has 0 spiro atoms. The van der Waals surface area contributed by atoms with E-state index in [1.807, 2.05) is 0 Å². The zero-order chi connectivity index (χ0) is 11.4. The fourth-order valence-corrected chi connectivity index (χ4v) is 1.54. The molecule has 1 N–H and O–H groups in total. The van der Waals surface area contributed by atoms with Crippen LogP contribution in [0.4, 0.5) is 4.39 Å². The van der Waals surface area contributed by atoms with E-state index in [4.69, 9.17) is 11.6 Å². The van der Waals surface area contributed by atoms with Gasteiger partial charge in [-0.2, -0.15) is 0 Å². The molecule has 3 heteroatoms. The lowest BCUT2D eigenvalue weighted by molar-refractivity contribution is 0.467. The molecule has 0 fully saturated rings. The highest BCUT2D eigenvalue weighted by molar-refractivity contribution is 6.37. The summed E-state index contributed by atoms with van der Waals surface area (Å²) < 4.78 is 13.5. The normalized spacial score (nSPS) is 13.1. The van der Waals surface area contributed by atoms with Crippen LogP contribution < -0.4 is 0 Å². The molecular weight excluding hydrogens is 215 g/mol. The molecule has 0 saturated carbocycles. The first kappa shape index (κ1) is 11.8. The highest BCUT2D eigenvalue weighted by atomic mass is 35.5. The van der Waals surface area contributed by atoms with Gasteiger partial charge in [-0.05, 0) is 26.0 Å². The van der Waals surface area contributed by atoms with Crippen LogP contribution in [0.15, 0.2) is 35.4 Å². The summed E-state index contributed by atoms with van der Waals surface area (Å²) in [6.45, 7) is 3.50. The van der Waals surface area contributed by atoms with Crippen molar-refractivity contribution in [1.82, 2.24) is 0 Å². The van der Waals surface area contributed by atoms with Gasteiger partial charge in [0.05, 0.1) is 5.56 Å². The molecule has 0 aliphatic heterocycles. The third-order valence-corrected chi connectivity index (χ3v) is 2.48. The SMILES string of the molecule is C/C=C(\C(Cl)=C/C)c1c(O)cccc1F. The fraction of sp³-hybridized carbons (Fsp3) is 0.167. The average molecular weight is 227 g/mol. The number of hydrogen-bond donors (Lipinski definition) is 1. The highest BCUT2D eigenvalue weighted by Gasteiger charge is 2.13. The predicted molar refractivity (Wildman–Crippen MR) is 61.3 cm³/mol. The second kappa shape index (κ2) is 4.99. The van der Waals surface area contributed by atoms with Crippen LogP contribution in [0.1, 0.15) is 19.4 Å². The maximum Gasteiger partial charge on any atom is 0.134 e. The quantitative estimate of drug-likeness (QED) is 0.754. The Kier molecular flexibility index (Phi) is 3.92. The van der Waals surface area contributed by atoms with Crippen molar-refractivity contribution in [2.24, 2.45) is 0 Å². The van der Waals surface area contributed by atoms with Crippen molar-refractivity contribution in [2.75, 3.05) is 0 Å². The summed E-state index contributed by atoms with van der Waals surface area (Å²) >= 11 is 5.92. The number of allylic oxidation sites excluding steroid dienone is 4. The molecular formula is C12H12ClFO. The van der Waals surface area contributed by atoms with E-state index in [1.165, 1.54) is 18.2 Å². The van der Waals surface area contributed by atoms with Crippen LogP contribution in [0, 0.1) is 5.82 Å². The minimum atomic E-state index is -0.483. The van der Waals surface area contributed by atoms with E-state index < -0.39 is 5.82 Å². The van der Waals surface area contributed by atoms with Crippen LogP contribution in [-0.2, 0) is 0 Å². The Hall–Kier alpha value is -1.28. The predicted octanol–water partition coefficient (Wildman–Crippen LogP) is 4.08. The molecule has 1 aromatic rings. The van der Waals surface area contributed by atoms with Crippen LogP contribution in [0.25, 0.3) is 5.57 Å². The first-order valence-electron chi connectivity index (χ1n) is 4.58. The first-order chi connectivity index (χ1) is 7.11. The van der Waals surface area contributed by atoms with Crippen LogP contribution in [0.5, 0.6) is 5.75 Å². The minimum Gasteiger partial charge on any atom is -0.507 e. The van der Waals surface area contributed by atoms with Crippen molar-refractivity contribution in [3.63, 3.8) is 0 Å². The smallest absolute Gasteiger partial charge is 0.134 e. The Morgan fingerprint density at radius 3 is 2.47 bits per heavy atom. The lowest BCUT2D eigenvalue weighted by atomic mass is 10.0. The second-order valence-electron chi connectivity index (χ2n) is 2.97. The molecule has 0 amide bonds. The Morgan fingerprint density at radius 2 is 2.00 bits per heavy atom. The topological polar surface area (TPSA) is 20.2 Å². The number of phenols is 1. The van der Waals surface area contributed by atoms with Gasteiger partial charge in [-0.1, -0.05) is 29.8 Å². The minimum absolute atomic E-state index is 0.108. The molecule has 0 aliphatic carbocycles. The lowest BCUT2D eigenvalue weighted by Gasteiger charge is -2.09. The number of phenolic OH excluding ortho intramolecular Hbond substituents is 1. The van der Waals surface area contributed by atoms with Gasteiger partial charge in [0.2, 0.25) is 0 Å². The Balaban J connectivity index is 3.38. The highest BCUT2D eigenvalue weighted by Crippen LogP contribution is 2.33. The van der Waals surface area contributed by atoms with E-state index in [2.05, 4.69) is 0 Å². The van der Waals surface area contributed by atoms with Gasteiger partial charge in [-0.3, -0.25) is 0 Å². The van der Waals surface area contributed by atoms with E-state index >= 15 is 0 Å². The van der Waals surface area contributed by atoms with Crippen molar-refractivity contribution in [2.45, 2.75) is 13.8 Å². The molecule has 0 heterocycles. The number of halogens is 2. The van der Waals surface area contributed by atoms with Gasteiger partial charge >= 0.3 is 0 Å². The monoisotopic (exact) mass is 226 g/mol. The fourth-order valence-electron chi connectivity index (χ4n) is 1.34. The summed E-state index contributed by atoms with van der Waals surface area (Å²) in [4.78, 5) is 0. The number of rotatable bonds is 2. The Labute approximate surface area is 93.5 Å². The molecule has 0 saturated heterocycles. The summed E-state index contributed by atoms with van der Waals surface area (Å²) in [5, 5.41) is 9.99. The Bertz CT molecular complexity index is 401. The van der Waals surface area contributed by atoms with Gasteiger partial charge in [0.25, 0.3) is 0 Å². The van der Waals surface area contributed by atoms with E-state index in [1.54, 1.807) is 26.0 Å². The van der Waals surface area contributed by atoms with Crippen LogP contribution in [0.3, 0.4) is 0 Å². The van der Waals surface area contributed by atoms with E-state index in [9.17, 15) is 9.50 Å². The van der Waals surface area contributed by atoms with Gasteiger partial charge in [-0.15, -0.1) is 0 Å². The summed E-state index contributed by atoms with van der Waals surface area (Å²) in [5.74, 6) is -0.591. The molecule has 1 aromatic carbocycles. The van der Waals surface area contributed by atoms with Gasteiger partial charge in [0.1, 0.15) is 11.6 Å². The second-order valence-corrected chi connectivity index (χ2v) is 3.38. The van der Waals surface area contributed by atoms with Crippen LogP contribution >= 0.6 is 11.6 Å². The van der Waals surface area contributed by atoms with Gasteiger partial charge in [-0.25, -0.2) is 4.39 Å². The number of benzene rings is 1. The standard InChI is InChI=1S/C12H12ClFO/c1-3-8(9(13)4-2)12-10(14)6-5-7-11(12)15/h3-7,15H,1-2H3/b8-3+,9-4+. The maximum absolute atomic E-state index is 13.5. The molecule has 0 bridgehead atoms. The molecule has 0 atom stereocenters. The van der Waals surface area contributed by atoms with Crippen molar-refractivity contribution in [1.29, 1.82) is 0 Å². The van der Waals surface area contributed by atoms with Crippen LogP contribution in [0.2, 0.25) is 0 Å². The zero-order valence-corrected chi connectivity index (χ0v) is 9.35. The van der Waals surface area contributed by atoms with E-state index in [0.29, 0.717) is 10.6 Å². The Morgan fingerprint density at radius 1 is 1.33 bits per heavy atom. The number of hydrogen-bond acceptors (Lipinski definition) is 1. The summed E-state index contributed by atoms with van der Waals surface area (Å²) in [7, 11) is 0. The average Bonchev–Trinajstić information content (AvgIpc) is 2.22. The lowest BCUT2D eigenvalue weighted by Crippen LogP contribution is -1.91. The summed E-state index contributed by atoms with van der Waals surface area (Å²) in [6, 6.07) is 4.17. The summed E-state index contributed by atoms with van der Waals surface area (Å²) in [6.07, 6.45) is 3.32. The van der Waals surface area contributed by atoms with Gasteiger partial charge in [0, 0.05) is 10.6 Å². The van der Waals surface area contributed by atoms with Crippen LogP contribution in [-0.4, -0.2) is 5.11 Å². The third-order valence-electron chi connectivity index (χ3n) is 2.06. The van der Waals surface area contributed by atoms with Gasteiger partial charge < -0.3 is 5.11 Å². The molecule has 15 heavy (non-hydrogen) atoms. The van der Waals surface area contributed by atoms with E-state index in [-0.39, 0.29) is 11.3 Å². The molecule has 0 radical (unpaired) electrons. The number of aromatic hydroxyl groups is 1. The molecule has 0 aromatic heterocycles. The molecule has 1 rings (SSSR count). The molecule has 80 valence electrons. The van der Waals surface area contributed by atoms with Crippen molar-refractivity contribution >= 4 is 17.2 Å². The molecule has 0 unspecified atom stereocenters. The van der Waals surface area contributed by atoms with Crippen molar-refractivity contribution in [3.05, 3.63) is 46.8 Å². The maximum atomic E-state index is 13.5.